The molecule has 1 aromatic carbocycles. The van der Waals surface area contributed by atoms with Crippen molar-refractivity contribution in [2.75, 3.05) is 14.2 Å². The standard InChI is InChI=1S/C8H11BO2.C6H15N/c1-10-7-3-6(9)4-8(5-7)11-2;1-5(2)7-6(3)4/h3-5H,9H2,1-2H3;5-7H,1-4H3. The van der Waals surface area contributed by atoms with Crippen LogP contribution in [0, 0.1) is 0 Å². The van der Waals surface area contributed by atoms with Crippen molar-refractivity contribution >= 4 is 13.3 Å². The lowest BCUT2D eigenvalue weighted by atomic mass is 9.96. The average Bonchev–Trinajstić information content (AvgIpc) is 2.27. The zero-order chi connectivity index (χ0) is 14.1. The monoisotopic (exact) mass is 251 g/mol. The van der Waals surface area contributed by atoms with Gasteiger partial charge in [-0.25, -0.2) is 0 Å². The zero-order valence-electron chi connectivity index (χ0n) is 12.7. The highest BCUT2D eigenvalue weighted by Crippen LogP contribution is 2.16. The molecule has 0 atom stereocenters. The van der Waals surface area contributed by atoms with Crippen LogP contribution in [-0.4, -0.2) is 34.1 Å². The summed E-state index contributed by atoms with van der Waals surface area (Å²) < 4.78 is 10.1. The second-order valence-electron chi connectivity index (χ2n) is 4.87. The van der Waals surface area contributed by atoms with Crippen molar-refractivity contribution in [2.24, 2.45) is 0 Å². The Morgan fingerprint density at radius 2 is 1.28 bits per heavy atom. The van der Waals surface area contributed by atoms with E-state index in [1.165, 1.54) is 0 Å². The first kappa shape index (κ1) is 16.8. The minimum absolute atomic E-state index is 0.625. The number of nitrogens with one attached hydrogen (secondary N) is 1. The second kappa shape index (κ2) is 8.87. The van der Waals surface area contributed by atoms with Crippen molar-refractivity contribution in [3.63, 3.8) is 0 Å². The molecule has 0 aliphatic carbocycles. The Morgan fingerprint density at radius 1 is 0.889 bits per heavy atom. The highest BCUT2D eigenvalue weighted by atomic mass is 16.5. The average molecular weight is 251 g/mol. The van der Waals surface area contributed by atoms with Crippen LogP contribution in [0.5, 0.6) is 11.5 Å². The summed E-state index contributed by atoms with van der Waals surface area (Å²) in [5.41, 5.74) is 1.14. The SMILES string of the molecule is Bc1cc(OC)cc(OC)c1.CC(C)NC(C)C. The molecule has 0 amide bonds. The Bertz CT molecular complexity index is 312. The van der Waals surface area contributed by atoms with Crippen LogP contribution in [0.3, 0.4) is 0 Å². The van der Waals surface area contributed by atoms with Crippen molar-refractivity contribution in [3.8, 4) is 11.5 Å². The summed E-state index contributed by atoms with van der Waals surface area (Å²) in [7, 11) is 5.30. The molecular weight excluding hydrogens is 225 g/mol. The molecule has 0 aliphatic rings. The Morgan fingerprint density at radius 3 is 1.50 bits per heavy atom. The Balaban J connectivity index is 0.000000360. The fraction of sp³-hybridized carbons (Fsp3) is 0.571. The molecule has 0 fully saturated rings. The Kier molecular flexibility index (Phi) is 8.30. The number of hydrogen-bond acceptors (Lipinski definition) is 3. The minimum Gasteiger partial charge on any atom is -0.497 e. The van der Waals surface area contributed by atoms with Crippen molar-refractivity contribution in [1.29, 1.82) is 0 Å². The number of hydrogen-bond donors (Lipinski definition) is 1. The van der Waals surface area contributed by atoms with Crippen molar-refractivity contribution < 1.29 is 9.47 Å². The summed E-state index contributed by atoms with van der Waals surface area (Å²) in [5, 5.41) is 3.31. The van der Waals surface area contributed by atoms with E-state index < -0.39 is 0 Å². The van der Waals surface area contributed by atoms with E-state index in [1.807, 2.05) is 26.0 Å². The number of methoxy groups -OCH3 is 2. The van der Waals surface area contributed by atoms with Gasteiger partial charge in [-0.3, -0.25) is 0 Å². The molecular formula is C14H26BNO2. The minimum atomic E-state index is 0.625. The first-order valence-corrected chi connectivity index (χ1v) is 6.34. The molecule has 0 heterocycles. The van der Waals surface area contributed by atoms with Crippen molar-refractivity contribution in [1.82, 2.24) is 5.32 Å². The summed E-state index contributed by atoms with van der Waals surface area (Å²) in [6, 6.07) is 7.03. The van der Waals surface area contributed by atoms with Gasteiger partial charge in [-0.15, -0.1) is 0 Å². The van der Waals surface area contributed by atoms with Crippen LogP contribution < -0.4 is 20.3 Å². The van der Waals surface area contributed by atoms with Gasteiger partial charge in [0.1, 0.15) is 19.3 Å². The molecule has 18 heavy (non-hydrogen) atoms. The lowest BCUT2D eigenvalue weighted by molar-refractivity contribution is 0.395. The maximum absolute atomic E-state index is 5.06. The third kappa shape index (κ3) is 8.01. The number of rotatable bonds is 4. The van der Waals surface area contributed by atoms with Gasteiger partial charge in [-0.2, -0.15) is 0 Å². The molecule has 0 saturated carbocycles. The van der Waals surface area contributed by atoms with Gasteiger partial charge in [0.05, 0.1) is 14.2 Å². The fourth-order valence-electron chi connectivity index (χ4n) is 1.62. The molecule has 0 saturated heterocycles. The van der Waals surface area contributed by atoms with Crippen LogP contribution in [0.2, 0.25) is 0 Å². The summed E-state index contributed by atoms with van der Waals surface area (Å²) in [4.78, 5) is 0. The van der Waals surface area contributed by atoms with Crippen LogP contribution in [0.25, 0.3) is 0 Å². The predicted molar refractivity (Wildman–Crippen MR) is 81.1 cm³/mol. The van der Waals surface area contributed by atoms with E-state index >= 15 is 0 Å². The molecule has 0 spiro atoms. The summed E-state index contributed by atoms with van der Waals surface area (Å²) >= 11 is 0. The molecule has 0 aliphatic heterocycles. The van der Waals surface area contributed by atoms with Gasteiger partial charge in [-0.1, -0.05) is 33.2 Å². The first-order valence-electron chi connectivity index (χ1n) is 6.34. The molecule has 1 aromatic rings. The molecule has 4 heteroatoms. The lowest BCUT2D eigenvalue weighted by Gasteiger charge is -2.10. The van der Waals surface area contributed by atoms with Gasteiger partial charge >= 0.3 is 0 Å². The van der Waals surface area contributed by atoms with Gasteiger partial charge in [0.2, 0.25) is 0 Å². The second-order valence-corrected chi connectivity index (χ2v) is 4.87. The predicted octanol–water partition coefficient (Wildman–Crippen LogP) is 1.35. The fourth-order valence-corrected chi connectivity index (χ4v) is 1.62. The van der Waals surface area contributed by atoms with Crippen LogP contribution in [-0.2, 0) is 0 Å². The summed E-state index contributed by atoms with van der Waals surface area (Å²) in [6.07, 6.45) is 0. The topological polar surface area (TPSA) is 30.5 Å². The number of benzene rings is 1. The maximum atomic E-state index is 5.06. The van der Waals surface area contributed by atoms with Crippen LogP contribution in [0.15, 0.2) is 18.2 Å². The smallest absolute Gasteiger partial charge is 0.139 e. The van der Waals surface area contributed by atoms with Gasteiger partial charge < -0.3 is 14.8 Å². The third-order valence-corrected chi connectivity index (χ3v) is 2.16. The van der Waals surface area contributed by atoms with E-state index in [9.17, 15) is 0 Å². The lowest BCUT2D eigenvalue weighted by Crippen LogP contribution is -2.29. The molecule has 102 valence electrons. The maximum Gasteiger partial charge on any atom is 0.139 e. The molecule has 0 unspecified atom stereocenters. The molecule has 0 aromatic heterocycles. The molecule has 1 rings (SSSR count). The first-order chi connectivity index (χ1) is 8.38. The van der Waals surface area contributed by atoms with Crippen LogP contribution in [0.1, 0.15) is 27.7 Å². The third-order valence-electron chi connectivity index (χ3n) is 2.16. The molecule has 3 nitrogen and oxygen atoms in total. The van der Waals surface area contributed by atoms with Crippen LogP contribution >= 0.6 is 0 Å². The van der Waals surface area contributed by atoms with E-state index in [0.717, 1.165) is 17.0 Å². The van der Waals surface area contributed by atoms with E-state index in [0.29, 0.717) is 12.1 Å². The largest absolute Gasteiger partial charge is 0.497 e. The Labute approximate surface area is 112 Å². The number of ether oxygens (including phenoxy) is 2. The van der Waals surface area contributed by atoms with E-state index in [-0.39, 0.29) is 0 Å². The van der Waals surface area contributed by atoms with Gasteiger partial charge in [-0.05, 0) is 12.1 Å². The zero-order valence-corrected chi connectivity index (χ0v) is 12.7. The highest BCUT2D eigenvalue weighted by Gasteiger charge is 1.96. The summed E-state index contributed by atoms with van der Waals surface area (Å²) in [5.74, 6) is 1.67. The molecule has 1 N–H and O–H groups in total. The van der Waals surface area contributed by atoms with E-state index in [1.54, 1.807) is 14.2 Å². The quantitative estimate of drug-likeness (QED) is 0.819. The molecule has 0 radical (unpaired) electrons. The molecule has 0 bridgehead atoms. The van der Waals surface area contributed by atoms with Gasteiger partial charge in [0.25, 0.3) is 0 Å². The Hall–Kier alpha value is -1.16. The normalized spacial score (nSPS) is 10.0. The van der Waals surface area contributed by atoms with E-state index in [4.69, 9.17) is 9.47 Å². The van der Waals surface area contributed by atoms with Crippen molar-refractivity contribution in [3.05, 3.63) is 18.2 Å². The summed E-state index contributed by atoms with van der Waals surface area (Å²) in [6.45, 7) is 8.61. The van der Waals surface area contributed by atoms with Gasteiger partial charge in [0.15, 0.2) is 0 Å². The van der Waals surface area contributed by atoms with Crippen LogP contribution in [0.4, 0.5) is 0 Å². The highest BCUT2D eigenvalue weighted by molar-refractivity contribution is 6.32. The van der Waals surface area contributed by atoms with E-state index in [2.05, 4.69) is 33.0 Å². The van der Waals surface area contributed by atoms with Gasteiger partial charge in [0, 0.05) is 18.2 Å². The van der Waals surface area contributed by atoms with Crippen molar-refractivity contribution in [2.45, 2.75) is 39.8 Å².